The number of carbonyl (C=O) groups excluding carboxylic acids is 2. The van der Waals surface area contributed by atoms with Crippen LogP contribution in [0.4, 0.5) is 5.69 Å². The fourth-order valence-electron chi connectivity index (χ4n) is 3.82. The molecule has 0 saturated carbocycles. The van der Waals surface area contributed by atoms with Gasteiger partial charge in [-0.25, -0.2) is 4.79 Å². The summed E-state index contributed by atoms with van der Waals surface area (Å²) >= 11 is 1.31. The molecule has 5 nitrogen and oxygen atoms in total. The number of anilines is 1. The molecule has 0 aliphatic carbocycles. The van der Waals surface area contributed by atoms with E-state index in [0.717, 1.165) is 16.0 Å². The van der Waals surface area contributed by atoms with Crippen molar-refractivity contribution in [3.8, 4) is 6.07 Å². The Kier molecular flexibility index (Phi) is 7.84. The number of hydrogen-bond donors (Lipinski definition) is 1. The first-order valence-corrected chi connectivity index (χ1v) is 12.2. The van der Waals surface area contributed by atoms with Crippen LogP contribution in [-0.2, 0) is 9.53 Å². The third-order valence-electron chi connectivity index (χ3n) is 5.39. The second-order valence-electron chi connectivity index (χ2n) is 8.27. The Bertz CT molecular complexity index is 1420. The first-order valence-electron chi connectivity index (χ1n) is 11.4. The minimum absolute atomic E-state index is 0.315. The van der Waals surface area contributed by atoms with Crippen LogP contribution in [0.2, 0.25) is 0 Å². The monoisotopic (exact) mass is 492 g/mol. The van der Waals surface area contributed by atoms with Gasteiger partial charge >= 0.3 is 5.97 Å². The van der Waals surface area contributed by atoms with Crippen molar-refractivity contribution in [1.29, 1.82) is 5.26 Å². The van der Waals surface area contributed by atoms with E-state index in [2.05, 4.69) is 11.4 Å². The van der Waals surface area contributed by atoms with Gasteiger partial charge in [-0.15, -0.1) is 0 Å². The zero-order chi connectivity index (χ0) is 25.5. The number of rotatable bonds is 7. The number of hydrogen-bond acceptors (Lipinski definition) is 5. The van der Waals surface area contributed by atoms with Crippen LogP contribution in [0.1, 0.15) is 38.7 Å². The summed E-state index contributed by atoms with van der Waals surface area (Å²) in [5, 5.41) is 12.3. The van der Waals surface area contributed by atoms with Crippen molar-refractivity contribution >= 4 is 29.3 Å². The zero-order valence-corrected chi connectivity index (χ0v) is 20.7. The Morgan fingerprint density at radius 2 is 1.44 bits per heavy atom. The van der Waals surface area contributed by atoms with Gasteiger partial charge in [0.1, 0.15) is 6.07 Å². The summed E-state index contributed by atoms with van der Waals surface area (Å²) in [5.74, 6) is -1.07. The number of benzene rings is 4. The van der Waals surface area contributed by atoms with Gasteiger partial charge < -0.3 is 10.1 Å². The van der Waals surface area contributed by atoms with Gasteiger partial charge in [-0.05, 0) is 61.4 Å². The maximum Gasteiger partial charge on any atom is 0.340 e. The standard InChI is InChI=1S/C30H24N2O3S/c1-20-16-21(2)18-24(17-20)32-29(33)28(22-10-4-3-5-11-22)35-30(34)25-13-7-9-15-27(25)36-26-14-8-6-12-23(26)19-31/h3-18,28H,1-2H3,(H,32,33). The molecule has 1 atom stereocenters. The molecule has 4 rings (SSSR count). The number of ether oxygens (including phenoxy) is 1. The van der Waals surface area contributed by atoms with Crippen molar-refractivity contribution in [2.45, 2.75) is 29.7 Å². The van der Waals surface area contributed by atoms with Crippen LogP contribution in [0.3, 0.4) is 0 Å². The Morgan fingerprint density at radius 3 is 2.14 bits per heavy atom. The summed E-state index contributed by atoms with van der Waals surface area (Å²) in [6, 6.07) is 31.1. The number of nitrogens with zero attached hydrogens (tertiary/aromatic N) is 1. The summed E-state index contributed by atoms with van der Waals surface area (Å²) in [4.78, 5) is 28.1. The van der Waals surface area contributed by atoms with Gasteiger partial charge in [0.15, 0.2) is 0 Å². The lowest BCUT2D eigenvalue weighted by molar-refractivity contribution is -0.125. The molecule has 4 aromatic rings. The summed E-state index contributed by atoms with van der Waals surface area (Å²) in [6.07, 6.45) is -1.15. The van der Waals surface area contributed by atoms with Gasteiger partial charge in [-0.1, -0.05) is 72.4 Å². The second kappa shape index (κ2) is 11.4. The molecular weight excluding hydrogens is 468 g/mol. The molecule has 0 aromatic heterocycles. The molecule has 0 spiro atoms. The molecule has 0 aliphatic rings. The van der Waals surface area contributed by atoms with Crippen molar-refractivity contribution in [1.82, 2.24) is 0 Å². The van der Waals surface area contributed by atoms with Crippen molar-refractivity contribution in [3.63, 3.8) is 0 Å². The van der Waals surface area contributed by atoms with E-state index in [0.29, 0.717) is 27.3 Å². The summed E-state index contributed by atoms with van der Waals surface area (Å²) < 4.78 is 5.82. The Labute approximate surface area is 214 Å². The minimum Gasteiger partial charge on any atom is -0.444 e. The Balaban J connectivity index is 1.62. The highest BCUT2D eigenvalue weighted by Gasteiger charge is 2.27. The molecule has 178 valence electrons. The smallest absolute Gasteiger partial charge is 0.340 e. The predicted molar refractivity (Wildman–Crippen MR) is 141 cm³/mol. The molecule has 0 fully saturated rings. The van der Waals surface area contributed by atoms with Crippen molar-refractivity contribution in [2.24, 2.45) is 0 Å². The van der Waals surface area contributed by atoms with Gasteiger partial charge in [0.2, 0.25) is 6.10 Å². The Morgan fingerprint density at radius 1 is 0.833 bits per heavy atom. The van der Waals surface area contributed by atoms with Gasteiger partial charge in [0.05, 0.1) is 11.1 Å². The van der Waals surface area contributed by atoms with E-state index < -0.39 is 18.0 Å². The molecule has 1 N–H and O–H groups in total. The molecule has 4 aromatic carbocycles. The molecule has 0 saturated heterocycles. The van der Waals surface area contributed by atoms with E-state index in [1.165, 1.54) is 11.8 Å². The highest BCUT2D eigenvalue weighted by Crippen LogP contribution is 2.34. The molecule has 1 unspecified atom stereocenters. The van der Waals surface area contributed by atoms with Crippen molar-refractivity contribution < 1.29 is 14.3 Å². The summed E-state index contributed by atoms with van der Waals surface area (Å²) in [5.41, 5.74) is 4.06. The van der Waals surface area contributed by atoms with Crippen LogP contribution in [-0.4, -0.2) is 11.9 Å². The molecular formula is C30H24N2O3S. The molecule has 36 heavy (non-hydrogen) atoms. The van der Waals surface area contributed by atoms with Gasteiger partial charge in [-0.3, -0.25) is 4.79 Å². The number of nitrogens with one attached hydrogen (secondary N) is 1. The lowest BCUT2D eigenvalue weighted by atomic mass is 10.1. The third-order valence-corrected chi connectivity index (χ3v) is 6.54. The zero-order valence-electron chi connectivity index (χ0n) is 19.9. The Hall–Kier alpha value is -4.34. The molecule has 1 amide bonds. The van der Waals surface area contributed by atoms with Crippen molar-refractivity contribution in [2.75, 3.05) is 5.32 Å². The summed E-state index contributed by atoms with van der Waals surface area (Å²) in [7, 11) is 0. The number of carbonyl (C=O) groups is 2. The molecule has 6 heteroatoms. The summed E-state index contributed by atoms with van der Waals surface area (Å²) in [6.45, 7) is 3.91. The van der Waals surface area contributed by atoms with Crippen molar-refractivity contribution in [3.05, 3.63) is 125 Å². The first-order chi connectivity index (χ1) is 17.4. The maximum absolute atomic E-state index is 13.4. The average Bonchev–Trinajstić information content (AvgIpc) is 2.87. The number of nitriles is 1. The quantitative estimate of drug-likeness (QED) is 0.285. The third kappa shape index (κ3) is 6.01. The van der Waals surface area contributed by atoms with Crippen LogP contribution in [0, 0.1) is 25.2 Å². The fourth-order valence-corrected chi connectivity index (χ4v) is 4.83. The van der Waals surface area contributed by atoms with Crippen LogP contribution in [0.15, 0.2) is 107 Å². The van der Waals surface area contributed by atoms with Gasteiger partial charge in [0, 0.05) is 21.0 Å². The van der Waals surface area contributed by atoms with Crippen LogP contribution >= 0.6 is 11.8 Å². The predicted octanol–water partition coefficient (Wildman–Crippen LogP) is 6.86. The maximum atomic E-state index is 13.4. The van der Waals surface area contributed by atoms with E-state index in [-0.39, 0.29) is 0 Å². The SMILES string of the molecule is Cc1cc(C)cc(NC(=O)C(OC(=O)c2ccccc2Sc2ccccc2C#N)c2ccccc2)c1. The van der Waals surface area contributed by atoms with E-state index >= 15 is 0 Å². The number of aryl methyl sites for hydroxylation is 2. The number of esters is 1. The van der Waals surface area contributed by atoms with Crippen LogP contribution in [0.5, 0.6) is 0 Å². The minimum atomic E-state index is -1.15. The van der Waals surface area contributed by atoms with E-state index in [1.807, 2.05) is 56.3 Å². The van der Waals surface area contributed by atoms with Crippen LogP contribution in [0.25, 0.3) is 0 Å². The first kappa shape index (κ1) is 24.8. The molecule has 0 aliphatic heterocycles. The highest BCUT2D eigenvalue weighted by atomic mass is 32.2. The molecule has 0 radical (unpaired) electrons. The number of amides is 1. The molecule has 0 heterocycles. The average molecular weight is 493 g/mol. The normalized spacial score (nSPS) is 11.2. The van der Waals surface area contributed by atoms with Gasteiger partial charge in [-0.2, -0.15) is 5.26 Å². The van der Waals surface area contributed by atoms with E-state index in [1.54, 1.807) is 54.6 Å². The lowest BCUT2D eigenvalue weighted by Gasteiger charge is -2.19. The lowest BCUT2D eigenvalue weighted by Crippen LogP contribution is -2.26. The van der Waals surface area contributed by atoms with Crippen LogP contribution < -0.4 is 5.32 Å². The van der Waals surface area contributed by atoms with Gasteiger partial charge in [0.25, 0.3) is 5.91 Å². The highest BCUT2D eigenvalue weighted by molar-refractivity contribution is 7.99. The molecule has 0 bridgehead atoms. The van der Waals surface area contributed by atoms with E-state index in [4.69, 9.17) is 4.74 Å². The largest absolute Gasteiger partial charge is 0.444 e. The second-order valence-corrected chi connectivity index (χ2v) is 9.35. The van der Waals surface area contributed by atoms with E-state index in [9.17, 15) is 14.9 Å². The fraction of sp³-hybridized carbons (Fsp3) is 0.100. The topological polar surface area (TPSA) is 79.2 Å².